The number of nitrogens with zero attached hydrogens (tertiary/aromatic N) is 5. The highest BCUT2D eigenvalue weighted by atomic mass is 16.5. The van der Waals surface area contributed by atoms with Gasteiger partial charge in [-0.2, -0.15) is 4.98 Å². The predicted molar refractivity (Wildman–Crippen MR) is 128 cm³/mol. The van der Waals surface area contributed by atoms with E-state index in [1.807, 2.05) is 0 Å². The second kappa shape index (κ2) is 10.9. The fourth-order valence-electron chi connectivity index (χ4n) is 4.06. The van der Waals surface area contributed by atoms with Crippen LogP contribution in [0.4, 0.5) is 17.5 Å². The molecule has 12 heteroatoms. The van der Waals surface area contributed by atoms with E-state index < -0.39 is 5.91 Å². The SMILES string of the molecule is C=CC(=O)N1CCC[C@@H](Nc2nnc(C(N)=O)c(Nc3cccc(C(=O)N4CCOCC4)c3)n2)C1. The maximum absolute atomic E-state index is 12.8. The molecule has 184 valence electrons. The Kier molecular flexibility index (Phi) is 7.51. The van der Waals surface area contributed by atoms with Gasteiger partial charge in [0, 0.05) is 43.5 Å². The fraction of sp³-hybridized carbons (Fsp3) is 0.391. The van der Waals surface area contributed by atoms with E-state index in [2.05, 4.69) is 32.4 Å². The number of aromatic nitrogens is 3. The molecule has 1 aromatic carbocycles. The van der Waals surface area contributed by atoms with Gasteiger partial charge in [-0.1, -0.05) is 12.6 Å². The Bertz CT molecular complexity index is 1120. The lowest BCUT2D eigenvalue weighted by Gasteiger charge is -2.32. The number of amides is 3. The lowest BCUT2D eigenvalue weighted by Crippen LogP contribution is -2.44. The number of likely N-dealkylation sites (tertiary alicyclic amines) is 1. The van der Waals surface area contributed by atoms with Gasteiger partial charge < -0.3 is 30.9 Å². The molecular formula is C23H28N8O4. The third-order valence-corrected chi connectivity index (χ3v) is 5.83. The van der Waals surface area contributed by atoms with Gasteiger partial charge in [-0.3, -0.25) is 14.4 Å². The van der Waals surface area contributed by atoms with Crippen molar-refractivity contribution in [3.8, 4) is 0 Å². The van der Waals surface area contributed by atoms with Crippen molar-refractivity contribution in [2.75, 3.05) is 50.0 Å². The summed E-state index contributed by atoms with van der Waals surface area (Å²) < 4.78 is 5.31. The summed E-state index contributed by atoms with van der Waals surface area (Å²) in [6, 6.07) is 6.80. The molecule has 2 aliphatic rings. The van der Waals surface area contributed by atoms with Gasteiger partial charge in [0.25, 0.3) is 11.8 Å². The molecular weight excluding hydrogens is 452 g/mol. The minimum Gasteiger partial charge on any atom is -0.378 e. The van der Waals surface area contributed by atoms with Crippen LogP contribution in [0.5, 0.6) is 0 Å². The molecule has 0 unspecified atom stereocenters. The van der Waals surface area contributed by atoms with Crippen LogP contribution in [0.3, 0.4) is 0 Å². The van der Waals surface area contributed by atoms with E-state index in [9.17, 15) is 14.4 Å². The number of piperidine rings is 1. The smallest absolute Gasteiger partial charge is 0.273 e. The van der Waals surface area contributed by atoms with Crippen molar-refractivity contribution in [1.82, 2.24) is 25.0 Å². The molecule has 3 amide bonds. The van der Waals surface area contributed by atoms with Gasteiger partial charge in [-0.15, -0.1) is 10.2 Å². The maximum atomic E-state index is 12.8. The number of nitrogens with one attached hydrogen (secondary N) is 2. The molecule has 4 N–H and O–H groups in total. The minimum atomic E-state index is -0.792. The van der Waals surface area contributed by atoms with Gasteiger partial charge in [0.15, 0.2) is 11.5 Å². The van der Waals surface area contributed by atoms with E-state index in [4.69, 9.17) is 10.5 Å². The van der Waals surface area contributed by atoms with Gasteiger partial charge in [-0.25, -0.2) is 0 Å². The Hall–Kier alpha value is -4.06. The first-order chi connectivity index (χ1) is 16.9. The van der Waals surface area contributed by atoms with Crippen LogP contribution in [0.25, 0.3) is 0 Å². The summed E-state index contributed by atoms with van der Waals surface area (Å²) in [6.07, 6.45) is 2.93. The number of benzene rings is 1. The lowest BCUT2D eigenvalue weighted by molar-refractivity contribution is -0.127. The van der Waals surface area contributed by atoms with E-state index in [1.54, 1.807) is 34.1 Å². The van der Waals surface area contributed by atoms with Crippen LogP contribution in [0.2, 0.25) is 0 Å². The molecule has 2 aromatic rings. The van der Waals surface area contributed by atoms with Crippen LogP contribution in [0.15, 0.2) is 36.9 Å². The third-order valence-electron chi connectivity index (χ3n) is 5.83. The van der Waals surface area contributed by atoms with E-state index >= 15 is 0 Å². The molecule has 0 bridgehead atoms. The second-order valence-corrected chi connectivity index (χ2v) is 8.28. The number of hydrogen-bond acceptors (Lipinski definition) is 9. The summed E-state index contributed by atoms with van der Waals surface area (Å²) in [7, 11) is 0. The van der Waals surface area contributed by atoms with Gasteiger partial charge in [0.1, 0.15) is 0 Å². The molecule has 0 aliphatic carbocycles. The number of ether oxygens (including phenoxy) is 1. The van der Waals surface area contributed by atoms with Crippen molar-refractivity contribution in [3.63, 3.8) is 0 Å². The number of rotatable bonds is 7. The molecule has 0 saturated carbocycles. The Morgan fingerprint density at radius 2 is 1.94 bits per heavy atom. The quantitative estimate of drug-likeness (QED) is 0.487. The van der Waals surface area contributed by atoms with Crippen LogP contribution in [0.1, 0.15) is 33.7 Å². The average Bonchev–Trinajstić information content (AvgIpc) is 2.88. The van der Waals surface area contributed by atoms with Gasteiger partial charge in [0.2, 0.25) is 11.9 Å². The first-order valence-corrected chi connectivity index (χ1v) is 11.4. The van der Waals surface area contributed by atoms with Crippen LogP contribution in [0, 0.1) is 0 Å². The summed E-state index contributed by atoms with van der Waals surface area (Å²) in [5, 5.41) is 14.1. The molecule has 12 nitrogen and oxygen atoms in total. The number of hydrogen-bond donors (Lipinski definition) is 3. The second-order valence-electron chi connectivity index (χ2n) is 8.28. The molecule has 2 saturated heterocycles. The number of carbonyl (C=O) groups is 3. The maximum Gasteiger partial charge on any atom is 0.273 e. The lowest BCUT2D eigenvalue weighted by atomic mass is 10.1. The Morgan fingerprint density at radius 1 is 1.14 bits per heavy atom. The van der Waals surface area contributed by atoms with E-state index in [1.165, 1.54) is 6.08 Å². The van der Waals surface area contributed by atoms with Crippen LogP contribution >= 0.6 is 0 Å². The highest BCUT2D eigenvalue weighted by Gasteiger charge is 2.24. The van der Waals surface area contributed by atoms with Gasteiger partial charge >= 0.3 is 0 Å². The molecule has 35 heavy (non-hydrogen) atoms. The zero-order valence-corrected chi connectivity index (χ0v) is 19.3. The summed E-state index contributed by atoms with van der Waals surface area (Å²) in [5.74, 6) is -0.726. The first kappa shape index (κ1) is 24.1. The normalized spacial score (nSPS) is 18.0. The van der Waals surface area contributed by atoms with E-state index in [0.717, 1.165) is 12.8 Å². The fourth-order valence-corrected chi connectivity index (χ4v) is 4.06. The third kappa shape index (κ3) is 5.90. The minimum absolute atomic E-state index is 0.0869. The molecule has 2 fully saturated rings. The molecule has 4 rings (SSSR count). The number of morpholine rings is 1. The van der Waals surface area contributed by atoms with Crippen molar-refractivity contribution in [2.24, 2.45) is 5.73 Å². The zero-order valence-electron chi connectivity index (χ0n) is 19.3. The van der Waals surface area contributed by atoms with Gasteiger partial charge in [0.05, 0.1) is 13.2 Å². The largest absolute Gasteiger partial charge is 0.378 e. The van der Waals surface area contributed by atoms with Crippen LogP contribution in [-0.2, 0) is 9.53 Å². The van der Waals surface area contributed by atoms with Crippen molar-refractivity contribution in [1.29, 1.82) is 0 Å². The van der Waals surface area contributed by atoms with Crippen molar-refractivity contribution >= 4 is 35.2 Å². The standard InChI is InChI=1S/C23H28N8O4/c1-2-18(32)31-8-4-7-17(14-31)26-23-27-21(19(20(24)33)28-29-23)25-16-6-3-5-15(13-16)22(34)30-9-11-35-12-10-30/h2-3,5-6,13,17H,1,4,7-12,14H2,(H2,24,33)(H2,25,26,27,29)/t17-/m1/s1. The summed E-state index contributed by atoms with van der Waals surface area (Å²) in [5.41, 5.74) is 6.38. The Labute approximate surface area is 202 Å². The first-order valence-electron chi connectivity index (χ1n) is 11.4. The zero-order chi connectivity index (χ0) is 24.8. The summed E-state index contributed by atoms with van der Waals surface area (Å²) >= 11 is 0. The van der Waals surface area contributed by atoms with Crippen LogP contribution < -0.4 is 16.4 Å². The van der Waals surface area contributed by atoms with E-state index in [-0.39, 0.29) is 35.3 Å². The molecule has 0 radical (unpaired) electrons. The van der Waals surface area contributed by atoms with Gasteiger partial charge in [-0.05, 0) is 37.1 Å². The molecule has 1 atom stereocenters. The summed E-state index contributed by atoms with van der Waals surface area (Å²) in [4.78, 5) is 44.6. The highest BCUT2D eigenvalue weighted by molar-refractivity contribution is 5.97. The van der Waals surface area contributed by atoms with E-state index in [0.29, 0.717) is 50.6 Å². The number of anilines is 3. The average molecular weight is 481 g/mol. The van der Waals surface area contributed by atoms with Crippen molar-refractivity contribution < 1.29 is 19.1 Å². The number of carbonyl (C=O) groups excluding carboxylic acids is 3. The molecule has 0 spiro atoms. The monoisotopic (exact) mass is 480 g/mol. The topological polar surface area (TPSA) is 156 Å². The van der Waals surface area contributed by atoms with Crippen molar-refractivity contribution in [2.45, 2.75) is 18.9 Å². The van der Waals surface area contributed by atoms with Crippen molar-refractivity contribution in [3.05, 3.63) is 48.2 Å². The molecule has 1 aromatic heterocycles. The molecule has 2 aliphatic heterocycles. The van der Waals surface area contributed by atoms with Crippen LogP contribution in [-0.4, -0.2) is 88.1 Å². The summed E-state index contributed by atoms with van der Waals surface area (Å²) in [6.45, 7) is 6.75. The highest BCUT2D eigenvalue weighted by Crippen LogP contribution is 2.21. The predicted octanol–water partition coefficient (Wildman–Crippen LogP) is 0.775. The number of nitrogens with two attached hydrogens (primary N) is 1. The number of primary amides is 1. The Balaban J connectivity index is 1.51. The Morgan fingerprint density at radius 3 is 2.69 bits per heavy atom. The molecule has 3 heterocycles.